The molecule has 0 fully saturated rings. The van der Waals surface area contributed by atoms with E-state index in [-0.39, 0.29) is 12.5 Å². The number of carbonyl (C=O) groups is 1. The number of para-hydroxylation sites is 2. The number of aryl methyl sites for hydroxylation is 1. The van der Waals surface area contributed by atoms with Gasteiger partial charge in [0, 0.05) is 18.7 Å². The van der Waals surface area contributed by atoms with Crippen molar-refractivity contribution in [3.05, 3.63) is 54.4 Å². The van der Waals surface area contributed by atoms with Crippen LogP contribution in [0, 0.1) is 6.92 Å². The number of nitrogens with one attached hydrogen (secondary N) is 1. The van der Waals surface area contributed by atoms with Gasteiger partial charge in [0.05, 0.1) is 17.6 Å². The second-order valence-corrected chi connectivity index (χ2v) is 5.93. The quantitative estimate of drug-likeness (QED) is 0.724. The molecule has 6 nitrogen and oxygen atoms in total. The standard InChI is InChI=1S/C19H21N3O3/c1-13-20-18-8-3-4-9-19(18)22(13)11-16(24)12-25-17-7-5-6-15(10-17)21-14(2)23/h3-10,16,24H,11-12H2,1-2H3,(H,21,23). The van der Waals surface area contributed by atoms with Gasteiger partial charge in [-0.05, 0) is 31.2 Å². The number of rotatable bonds is 6. The van der Waals surface area contributed by atoms with Gasteiger partial charge in [-0.15, -0.1) is 0 Å². The third kappa shape index (κ3) is 4.16. The lowest BCUT2D eigenvalue weighted by atomic mass is 10.3. The van der Waals surface area contributed by atoms with E-state index in [0.717, 1.165) is 16.9 Å². The summed E-state index contributed by atoms with van der Waals surface area (Å²) < 4.78 is 7.64. The SMILES string of the molecule is CC(=O)Nc1cccc(OCC(O)Cn2c(C)nc3ccccc32)c1. The number of ether oxygens (including phenoxy) is 1. The van der Waals surface area contributed by atoms with Crippen LogP contribution in [0.1, 0.15) is 12.7 Å². The Labute approximate surface area is 146 Å². The first kappa shape index (κ1) is 17.0. The van der Waals surface area contributed by atoms with Gasteiger partial charge in [-0.25, -0.2) is 4.98 Å². The number of aliphatic hydroxyl groups excluding tert-OH is 1. The molecule has 1 amide bonds. The smallest absolute Gasteiger partial charge is 0.221 e. The van der Waals surface area contributed by atoms with Crippen LogP contribution in [0.15, 0.2) is 48.5 Å². The molecule has 1 aromatic heterocycles. The van der Waals surface area contributed by atoms with Crippen molar-refractivity contribution in [3.63, 3.8) is 0 Å². The molecule has 2 aromatic carbocycles. The van der Waals surface area contributed by atoms with Crippen molar-refractivity contribution in [2.45, 2.75) is 26.5 Å². The van der Waals surface area contributed by atoms with Crippen LogP contribution in [-0.2, 0) is 11.3 Å². The van der Waals surface area contributed by atoms with E-state index in [9.17, 15) is 9.90 Å². The predicted octanol–water partition coefficient (Wildman–Crippen LogP) is 2.74. The molecule has 2 N–H and O–H groups in total. The molecule has 0 aliphatic heterocycles. The van der Waals surface area contributed by atoms with Crippen LogP contribution < -0.4 is 10.1 Å². The lowest BCUT2D eigenvalue weighted by molar-refractivity contribution is -0.114. The fraction of sp³-hybridized carbons (Fsp3) is 0.263. The lowest BCUT2D eigenvalue weighted by Gasteiger charge is -2.15. The highest BCUT2D eigenvalue weighted by molar-refractivity contribution is 5.88. The minimum Gasteiger partial charge on any atom is -0.491 e. The van der Waals surface area contributed by atoms with Crippen LogP contribution in [0.4, 0.5) is 5.69 Å². The number of fused-ring (bicyclic) bond motifs is 1. The first-order valence-electron chi connectivity index (χ1n) is 8.13. The van der Waals surface area contributed by atoms with Crippen LogP contribution in [0.25, 0.3) is 11.0 Å². The van der Waals surface area contributed by atoms with E-state index in [1.54, 1.807) is 24.3 Å². The zero-order valence-electron chi connectivity index (χ0n) is 14.3. The van der Waals surface area contributed by atoms with Gasteiger partial charge in [-0.3, -0.25) is 4.79 Å². The third-order valence-corrected chi connectivity index (χ3v) is 3.84. The van der Waals surface area contributed by atoms with E-state index in [4.69, 9.17) is 4.74 Å². The molecule has 6 heteroatoms. The largest absolute Gasteiger partial charge is 0.491 e. The molecular weight excluding hydrogens is 318 g/mol. The van der Waals surface area contributed by atoms with Gasteiger partial charge in [0.15, 0.2) is 0 Å². The molecular formula is C19H21N3O3. The molecule has 1 unspecified atom stereocenters. The maximum absolute atomic E-state index is 11.1. The Kier molecular flexibility index (Phi) is 5.00. The van der Waals surface area contributed by atoms with Gasteiger partial charge in [0.25, 0.3) is 0 Å². The summed E-state index contributed by atoms with van der Waals surface area (Å²) in [5.41, 5.74) is 2.57. The summed E-state index contributed by atoms with van der Waals surface area (Å²) in [5.74, 6) is 1.31. The van der Waals surface area contributed by atoms with Crippen molar-refractivity contribution in [2.24, 2.45) is 0 Å². The minimum absolute atomic E-state index is 0.139. The van der Waals surface area contributed by atoms with Crippen molar-refractivity contribution in [1.82, 2.24) is 9.55 Å². The summed E-state index contributed by atoms with van der Waals surface area (Å²) in [6, 6.07) is 14.9. The normalized spacial score (nSPS) is 12.1. The molecule has 0 radical (unpaired) electrons. The van der Waals surface area contributed by atoms with Gasteiger partial charge < -0.3 is 19.7 Å². The highest BCUT2D eigenvalue weighted by Crippen LogP contribution is 2.19. The van der Waals surface area contributed by atoms with Crippen molar-refractivity contribution < 1.29 is 14.6 Å². The first-order chi connectivity index (χ1) is 12.0. The second kappa shape index (κ2) is 7.36. The number of amides is 1. The number of benzene rings is 2. The summed E-state index contributed by atoms with van der Waals surface area (Å²) in [5, 5.41) is 13.0. The predicted molar refractivity (Wildman–Crippen MR) is 96.7 cm³/mol. The van der Waals surface area contributed by atoms with Crippen molar-refractivity contribution >= 4 is 22.6 Å². The molecule has 0 saturated heterocycles. The molecule has 1 atom stereocenters. The monoisotopic (exact) mass is 339 g/mol. The summed E-state index contributed by atoms with van der Waals surface area (Å²) in [4.78, 5) is 15.6. The summed E-state index contributed by atoms with van der Waals surface area (Å²) in [6.45, 7) is 3.92. The topological polar surface area (TPSA) is 76.4 Å². The van der Waals surface area contributed by atoms with Gasteiger partial charge in [0.2, 0.25) is 5.91 Å². The molecule has 1 heterocycles. The molecule has 0 aliphatic rings. The Bertz CT molecular complexity index is 889. The van der Waals surface area contributed by atoms with E-state index in [0.29, 0.717) is 18.0 Å². The van der Waals surface area contributed by atoms with Crippen molar-refractivity contribution in [3.8, 4) is 5.75 Å². The summed E-state index contributed by atoms with van der Waals surface area (Å²) in [7, 11) is 0. The molecule has 0 bridgehead atoms. The molecule has 0 spiro atoms. The number of carbonyl (C=O) groups excluding carboxylic acids is 1. The highest BCUT2D eigenvalue weighted by Gasteiger charge is 2.12. The average Bonchev–Trinajstić information content (AvgIpc) is 2.88. The third-order valence-electron chi connectivity index (χ3n) is 3.84. The average molecular weight is 339 g/mol. The maximum Gasteiger partial charge on any atom is 0.221 e. The van der Waals surface area contributed by atoms with E-state index in [2.05, 4.69) is 10.3 Å². The minimum atomic E-state index is -0.680. The van der Waals surface area contributed by atoms with Gasteiger partial charge >= 0.3 is 0 Å². The number of imidazole rings is 1. The van der Waals surface area contributed by atoms with Gasteiger partial charge in [-0.2, -0.15) is 0 Å². The Morgan fingerprint density at radius 2 is 2.08 bits per heavy atom. The van der Waals surface area contributed by atoms with E-state index in [1.807, 2.05) is 35.8 Å². The number of hydrogen-bond donors (Lipinski definition) is 2. The zero-order valence-corrected chi connectivity index (χ0v) is 14.3. The van der Waals surface area contributed by atoms with E-state index >= 15 is 0 Å². The molecule has 3 aromatic rings. The van der Waals surface area contributed by atoms with Gasteiger partial charge in [-0.1, -0.05) is 18.2 Å². The van der Waals surface area contributed by atoms with Crippen LogP contribution in [-0.4, -0.2) is 33.3 Å². The number of hydrogen-bond acceptors (Lipinski definition) is 4. The number of anilines is 1. The Morgan fingerprint density at radius 3 is 2.88 bits per heavy atom. The zero-order chi connectivity index (χ0) is 17.8. The first-order valence-corrected chi connectivity index (χ1v) is 8.13. The van der Waals surface area contributed by atoms with Crippen molar-refractivity contribution in [1.29, 1.82) is 0 Å². The van der Waals surface area contributed by atoms with E-state index < -0.39 is 6.10 Å². The van der Waals surface area contributed by atoms with Crippen LogP contribution in [0.2, 0.25) is 0 Å². The van der Waals surface area contributed by atoms with Crippen LogP contribution >= 0.6 is 0 Å². The molecule has 0 aliphatic carbocycles. The van der Waals surface area contributed by atoms with Crippen LogP contribution in [0.5, 0.6) is 5.75 Å². The number of aromatic nitrogens is 2. The molecule has 0 saturated carbocycles. The van der Waals surface area contributed by atoms with E-state index in [1.165, 1.54) is 6.92 Å². The number of nitrogens with zero attached hydrogens (tertiary/aromatic N) is 2. The van der Waals surface area contributed by atoms with Gasteiger partial charge in [0.1, 0.15) is 24.3 Å². The Hall–Kier alpha value is -2.86. The van der Waals surface area contributed by atoms with Crippen LogP contribution in [0.3, 0.4) is 0 Å². The number of aliphatic hydroxyl groups is 1. The summed E-state index contributed by atoms with van der Waals surface area (Å²) >= 11 is 0. The molecule has 25 heavy (non-hydrogen) atoms. The lowest BCUT2D eigenvalue weighted by Crippen LogP contribution is -2.24. The highest BCUT2D eigenvalue weighted by atomic mass is 16.5. The fourth-order valence-electron chi connectivity index (χ4n) is 2.75. The second-order valence-electron chi connectivity index (χ2n) is 5.93. The Balaban J connectivity index is 1.64. The summed E-state index contributed by atoms with van der Waals surface area (Å²) in [6.07, 6.45) is -0.680. The van der Waals surface area contributed by atoms with Crippen molar-refractivity contribution in [2.75, 3.05) is 11.9 Å². The molecule has 3 rings (SSSR count). The Morgan fingerprint density at radius 1 is 1.28 bits per heavy atom. The molecule has 130 valence electrons. The fourth-order valence-corrected chi connectivity index (χ4v) is 2.75. The maximum atomic E-state index is 11.1.